The molecule has 1 N–H and O–H groups in total. The van der Waals surface area contributed by atoms with Crippen LogP contribution in [0.2, 0.25) is 0 Å². The summed E-state index contributed by atoms with van der Waals surface area (Å²) in [7, 11) is 0. The van der Waals surface area contributed by atoms with E-state index in [-0.39, 0.29) is 18.0 Å². The van der Waals surface area contributed by atoms with Crippen molar-refractivity contribution < 1.29 is 14.3 Å². The Labute approximate surface area is 133 Å². The van der Waals surface area contributed by atoms with E-state index in [0.29, 0.717) is 19.7 Å². The summed E-state index contributed by atoms with van der Waals surface area (Å²) in [6, 6.07) is -0.306. The molecule has 0 bridgehead atoms. The van der Waals surface area contributed by atoms with E-state index in [4.69, 9.17) is 4.74 Å². The molecule has 2 fully saturated rings. The number of carbonyl (C=O) groups excluding carboxylic acids is 2. The summed E-state index contributed by atoms with van der Waals surface area (Å²) in [6.07, 6.45) is 1.76. The number of aromatic nitrogens is 1. The maximum absolute atomic E-state index is 12.2. The number of nitrogens with one attached hydrogen (secondary N) is 1. The highest BCUT2D eigenvalue weighted by atomic mass is 32.1. The first-order chi connectivity index (χ1) is 10.5. The van der Waals surface area contributed by atoms with Crippen LogP contribution < -0.4 is 5.32 Å². The Morgan fingerprint density at radius 3 is 2.91 bits per heavy atom. The topological polar surface area (TPSA) is 74.8 Å². The van der Waals surface area contributed by atoms with Gasteiger partial charge in [0.25, 0.3) is 5.91 Å². The van der Waals surface area contributed by atoms with Crippen LogP contribution in [-0.4, -0.2) is 65.0 Å². The molecule has 0 aromatic carbocycles. The second-order valence-corrected chi connectivity index (χ2v) is 6.97. The lowest BCUT2D eigenvalue weighted by Crippen LogP contribution is -2.45. The number of imide groups is 1. The van der Waals surface area contributed by atoms with Crippen molar-refractivity contribution >= 4 is 23.3 Å². The molecule has 1 atom stereocenters. The first-order valence-corrected chi connectivity index (χ1v) is 8.23. The summed E-state index contributed by atoms with van der Waals surface area (Å²) in [6.45, 7) is 6.67. The first kappa shape index (κ1) is 15.4. The number of rotatable bonds is 4. The van der Waals surface area contributed by atoms with Crippen LogP contribution in [0.15, 0.2) is 11.6 Å². The SMILES string of the molecule is CC1(C)NC(=O)N(CCN2CCOC(c3nccs3)C2)C1=O. The standard InChI is InChI=1S/C14H20N4O3S/c1-14(2)12(19)18(13(20)16-14)5-4-17-6-7-21-10(9-17)11-15-3-8-22-11/h3,8,10H,4-7,9H2,1-2H3,(H,16,20). The molecule has 0 saturated carbocycles. The largest absolute Gasteiger partial charge is 0.368 e. The minimum atomic E-state index is -0.800. The van der Waals surface area contributed by atoms with Gasteiger partial charge in [0, 0.05) is 37.8 Å². The molecule has 0 radical (unpaired) electrons. The summed E-state index contributed by atoms with van der Waals surface area (Å²) in [5, 5.41) is 5.61. The van der Waals surface area contributed by atoms with Gasteiger partial charge >= 0.3 is 6.03 Å². The number of carbonyl (C=O) groups is 2. The van der Waals surface area contributed by atoms with E-state index in [0.717, 1.165) is 18.1 Å². The highest BCUT2D eigenvalue weighted by molar-refractivity contribution is 7.09. The van der Waals surface area contributed by atoms with Crippen molar-refractivity contribution in [1.82, 2.24) is 20.1 Å². The smallest absolute Gasteiger partial charge is 0.325 e. The number of nitrogens with zero attached hydrogens (tertiary/aromatic N) is 3. The third-order valence-electron chi connectivity index (χ3n) is 3.96. The van der Waals surface area contributed by atoms with Gasteiger partial charge in [-0.25, -0.2) is 9.78 Å². The van der Waals surface area contributed by atoms with Crippen LogP contribution in [-0.2, 0) is 9.53 Å². The number of hydrogen-bond acceptors (Lipinski definition) is 6. The molecule has 2 aliphatic heterocycles. The molecule has 0 spiro atoms. The maximum atomic E-state index is 12.2. The van der Waals surface area contributed by atoms with Gasteiger partial charge in [-0.15, -0.1) is 11.3 Å². The Hall–Kier alpha value is -1.51. The van der Waals surface area contributed by atoms with Gasteiger partial charge in [0.05, 0.1) is 6.61 Å². The van der Waals surface area contributed by atoms with Crippen LogP contribution in [0.4, 0.5) is 4.79 Å². The van der Waals surface area contributed by atoms with Crippen molar-refractivity contribution in [3.05, 3.63) is 16.6 Å². The number of thiazole rings is 1. The van der Waals surface area contributed by atoms with E-state index in [9.17, 15) is 9.59 Å². The molecule has 0 aliphatic carbocycles. The zero-order valence-corrected chi connectivity index (χ0v) is 13.6. The van der Waals surface area contributed by atoms with Crippen LogP contribution >= 0.6 is 11.3 Å². The number of amides is 3. The van der Waals surface area contributed by atoms with Crippen LogP contribution in [0.1, 0.15) is 25.0 Å². The summed E-state index contributed by atoms with van der Waals surface area (Å²) >= 11 is 1.58. The second kappa shape index (κ2) is 5.94. The average Bonchev–Trinajstić information content (AvgIpc) is 3.06. The summed E-state index contributed by atoms with van der Waals surface area (Å²) < 4.78 is 5.75. The molecule has 22 heavy (non-hydrogen) atoms. The van der Waals surface area contributed by atoms with Gasteiger partial charge in [-0.2, -0.15) is 0 Å². The van der Waals surface area contributed by atoms with Crippen molar-refractivity contribution in [3.8, 4) is 0 Å². The van der Waals surface area contributed by atoms with Gasteiger partial charge in [0.15, 0.2) is 0 Å². The molecule has 8 heteroatoms. The van der Waals surface area contributed by atoms with E-state index < -0.39 is 5.54 Å². The minimum Gasteiger partial charge on any atom is -0.368 e. The number of hydrogen-bond donors (Lipinski definition) is 1. The maximum Gasteiger partial charge on any atom is 0.325 e. The fourth-order valence-corrected chi connectivity index (χ4v) is 3.39. The zero-order valence-electron chi connectivity index (χ0n) is 12.7. The quantitative estimate of drug-likeness (QED) is 0.831. The Balaban J connectivity index is 1.55. The van der Waals surface area contributed by atoms with Gasteiger partial charge in [-0.1, -0.05) is 0 Å². The Morgan fingerprint density at radius 1 is 1.45 bits per heavy atom. The molecule has 2 saturated heterocycles. The molecule has 3 heterocycles. The van der Waals surface area contributed by atoms with E-state index >= 15 is 0 Å². The van der Waals surface area contributed by atoms with Crippen LogP contribution in [0.25, 0.3) is 0 Å². The predicted molar refractivity (Wildman–Crippen MR) is 81.6 cm³/mol. The second-order valence-electron chi connectivity index (χ2n) is 6.04. The summed E-state index contributed by atoms with van der Waals surface area (Å²) in [5.41, 5.74) is -0.800. The van der Waals surface area contributed by atoms with Gasteiger partial charge in [-0.3, -0.25) is 14.6 Å². The fraction of sp³-hybridized carbons (Fsp3) is 0.643. The lowest BCUT2D eigenvalue weighted by Gasteiger charge is -2.32. The first-order valence-electron chi connectivity index (χ1n) is 7.35. The molecule has 1 aromatic rings. The van der Waals surface area contributed by atoms with Crippen LogP contribution in [0, 0.1) is 0 Å². The molecular formula is C14H20N4O3S. The number of morpholine rings is 1. The van der Waals surface area contributed by atoms with E-state index in [2.05, 4.69) is 15.2 Å². The summed E-state index contributed by atoms with van der Waals surface area (Å²) in [4.78, 5) is 31.8. The minimum absolute atomic E-state index is 0.0201. The molecular weight excluding hydrogens is 304 g/mol. The monoisotopic (exact) mass is 324 g/mol. The van der Waals surface area contributed by atoms with Gasteiger partial charge < -0.3 is 10.1 Å². The van der Waals surface area contributed by atoms with Gasteiger partial charge in [-0.05, 0) is 13.8 Å². The molecule has 7 nitrogen and oxygen atoms in total. The molecule has 3 rings (SSSR count). The van der Waals surface area contributed by atoms with Crippen molar-refractivity contribution in [2.45, 2.75) is 25.5 Å². The van der Waals surface area contributed by atoms with E-state index in [1.807, 2.05) is 5.38 Å². The number of ether oxygens (including phenoxy) is 1. The number of urea groups is 1. The highest BCUT2D eigenvalue weighted by Crippen LogP contribution is 2.24. The highest BCUT2D eigenvalue weighted by Gasteiger charge is 2.44. The summed E-state index contributed by atoms with van der Waals surface area (Å²) in [5.74, 6) is -0.165. The van der Waals surface area contributed by atoms with E-state index in [1.54, 1.807) is 31.4 Å². The molecule has 3 amide bonds. The predicted octanol–water partition coefficient (Wildman–Crippen LogP) is 0.847. The lowest BCUT2D eigenvalue weighted by atomic mass is 10.1. The van der Waals surface area contributed by atoms with Crippen LogP contribution in [0.3, 0.4) is 0 Å². The average molecular weight is 324 g/mol. The normalized spacial score (nSPS) is 25.5. The van der Waals surface area contributed by atoms with Crippen molar-refractivity contribution in [1.29, 1.82) is 0 Å². The van der Waals surface area contributed by atoms with Crippen molar-refractivity contribution in [2.75, 3.05) is 32.8 Å². The molecule has 1 unspecified atom stereocenters. The molecule has 120 valence electrons. The fourth-order valence-electron chi connectivity index (χ4n) is 2.71. The van der Waals surface area contributed by atoms with Gasteiger partial charge in [0.1, 0.15) is 16.7 Å². The van der Waals surface area contributed by atoms with Gasteiger partial charge in [0.2, 0.25) is 0 Å². The van der Waals surface area contributed by atoms with Crippen molar-refractivity contribution in [3.63, 3.8) is 0 Å². The Bertz CT molecular complexity index is 560. The Kier molecular flexibility index (Phi) is 4.16. The zero-order chi connectivity index (χ0) is 15.7. The van der Waals surface area contributed by atoms with E-state index in [1.165, 1.54) is 4.90 Å². The molecule has 1 aromatic heterocycles. The third-order valence-corrected chi connectivity index (χ3v) is 4.83. The van der Waals surface area contributed by atoms with Crippen LogP contribution in [0.5, 0.6) is 0 Å². The molecule has 2 aliphatic rings. The van der Waals surface area contributed by atoms with Crippen molar-refractivity contribution in [2.24, 2.45) is 0 Å². The lowest BCUT2D eigenvalue weighted by molar-refractivity contribution is -0.130. The third kappa shape index (κ3) is 2.99. The Morgan fingerprint density at radius 2 is 2.27 bits per heavy atom.